The third kappa shape index (κ3) is 5.89. The van der Waals surface area contributed by atoms with Crippen LogP contribution in [-0.4, -0.2) is 41.8 Å². The van der Waals surface area contributed by atoms with Crippen molar-refractivity contribution in [3.05, 3.63) is 65.7 Å². The van der Waals surface area contributed by atoms with Crippen molar-refractivity contribution in [3.63, 3.8) is 0 Å². The van der Waals surface area contributed by atoms with Gasteiger partial charge in [0, 0.05) is 50.6 Å². The molecule has 2 amide bonds. The third-order valence-electron chi connectivity index (χ3n) is 6.22. The summed E-state index contributed by atoms with van der Waals surface area (Å²) in [5.41, 5.74) is 3.88. The van der Waals surface area contributed by atoms with E-state index in [0.717, 1.165) is 46.6 Å². The first-order chi connectivity index (χ1) is 16.0. The molecule has 1 aliphatic rings. The van der Waals surface area contributed by atoms with Crippen LogP contribution in [0.4, 0.5) is 11.5 Å². The lowest BCUT2D eigenvalue weighted by Gasteiger charge is -2.28. The van der Waals surface area contributed by atoms with Gasteiger partial charge in [-0.2, -0.15) is 0 Å². The molecule has 0 radical (unpaired) electrons. The monoisotopic (exact) mass is 444 g/mol. The minimum Gasteiger partial charge on any atom is -0.357 e. The van der Waals surface area contributed by atoms with Crippen molar-refractivity contribution in [2.24, 2.45) is 0 Å². The summed E-state index contributed by atoms with van der Waals surface area (Å²) in [7, 11) is 1.77. The SMILES string of the molecule is Cc1cc(N2CCCCC2)nc2ccc(NC(=O)CCC(=O)N(C)Cc3ccccc3)cc12. The van der Waals surface area contributed by atoms with E-state index in [1.165, 1.54) is 19.3 Å². The van der Waals surface area contributed by atoms with E-state index in [9.17, 15) is 9.59 Å². The first-order valence-corrected chi connectivity index (χ1v) is 11.7. The molecule has 1 fully saturated rings. The van der Waals surface area contributed by atoms with Crippen molar-refractivity contribution in [2.75, 3.05) is 30.4 Å². The number of amides is 2. The Hall–Kier alpha value is -3.41. The molecule has 1 aromatic heterocycles. The molecule has 1 aliphatic heterocycles. The molecule has 1 N–H and O–H groups in total. The average Bonchev–Trinajstić information content (AvgIpc) is 2.84. The number of hydrogen-bond donors (Lipinski definition) is 1. The van der Waals surface area contributed by atoms with Gasteiger partial charge >= 0.3 is 0 Å². The molecule has 0 atom stereocenters. The lowest BCUT2D eigenvalue weighted by molar-refractivity contribution is -0.132. The number of benzene rings is 2. The molecule has 172 valence electrons. The summed E-state index contributed by atoms with van der Waals surface area (Å²) in [6.45, 7) is 4.75. The summed E-state index contributed by atoms with van der Waals surface area (Å²) in [5.74, 6) is 0.832. The predicted octanol–water partition coefficient (Wildman–Crippen LogP) is 4.91. The van der Waals surface area contributed by atoms with Crippen LogP contribution in [0.2, 0.25) is 0 Å². The number of piperidine rings is 1. The summed E-state index contributed by atoms with van der Waals surface area (Å²) in [4.78, 5) is 33.8. The molecule has 6 nitrogen and oxygen atoms in total. The number of aromatic nitrogens is 1. The summed E-state index contributed by atoms with van der Waals surface area (Å²) < 4.78 is 0. The van der Waals surface area contributed by atoms with Gasteiger partial charge in [-0.1, -0.05) is 30.3 Å². The van der Waals surface area contributed by atoms with E-state index >= 15 is 0 Å². The maximum atomic E-state index is 12.5. The zero-order valence-corrected chi connectivity index (χ0v) is 19.5. The smallest absolute Gasteiger partial charge is 0.224 e. The summed E-state index contributed by atoms with van der Waals surface area (Å²) >= 11 is 0. The number of carbonyl (C=O) groups excluding carboxylic acids is 2. The predicted molar refractivity (Wildman–Crippen MR) is 133 cm³/mol. The van der Waals surface area contributed by atoms with E-state index in [4.69, 9.17) is 4.98 Å². The Bertz CT molecular complexity index is 1120. The molecular weight excluding hydrogens is 412 g/mol. The number of anilines is 2. The van der Waals surface area contributed by atoms with Crippen molar-refractivity contribution in [3.8, 4) is 0 Å². The van der Waals surface area contributed by atoms with E-state index in [1.807, 2.05) is 48.5 Å². The van der Waals surface area contributed by atoms with Gasteiger partial charge in [-0.15, -0.1) is 0 Å². The van der Waals surface area contributed by atoms with Gasteiger partial charge in [0.2, 0.25) is 11.8 Å². The van der Waals surface area contributed by atoms with Gasteiger partial charge in [0.25, 0.3) is 0 Å². The number of pyridine rings is 1. The van der Waals surface area contributed by atoms with Crippen molar-refractivity contribution in [1.82, 2.24) is 9.88 Å². The van der Waals surface area contributed by atoms with E-state index in [2.05, 4.69) is 23.2 Å². The van der Waals surface area contributed by atoms with E-state index in [0.29, 0.717) is 6.54 Å². The molecule has 6 heteroatoms. The molecule has 0 saturated carbocycles. The second kappa shape index (κ2) is 10.5. The van der Waals surface area contributed by atoms with Gasteiger partial charge in [-0.25, -0.2) is 4.98 Å². The van der Waals surface area contributed by atoms with Crippen molar-refractivity contribution in [1.29, 1.82) is 0 Å². The second-order valence-electron chi connectivity index (χ2n) is 8.86. The molecular formula is C27H32N4O2. The van der Waals surface area contributed by atoms with E-state index in [1.54, 1.807) is 11.9 Å². The molecule has 0 spiro atoms. The molecule has 0 bridgehead atoms. The number of carbonyl (C=O) groups is 2. The lowest BCUT2D eigenvalue weighted by atomic mass is 10.1. The van der Waals surface area contributed by atoms with Gasteiger partial charge in [0.05, 0.1) is 5.52 Å². The summed E-state index contributed by atoms with van der Waals surface area (Å²) in [5, 5.41) is 3.97. The van der Waals surface area contributed by atoms with Crippen LogP contribution in [0, 0.1) is 6.92 Å². The van der Waals surface area contributed by atoms with Crippen LogP contribution >= 0.6 is 0 Å². The molecule has 1 saturated heterocycles. The molecule has 0 unspecified atom stereocenters. The fraction of sp³-hybridized carbons (Fsp3) is 0.370. The minimum absolute atomic E-state index is 0.0437. The van der Waals surface area contributed by atoms with Gasteiger partial charge < -0.3 is 15.1 Å². The Kier molecular flexibility index (Phi) is 7.23. The number of nitrogens with zero attached hydrogens (tertiary/aromatic N) is 3. The number of fused-ring (bicyclic) bond motifs is 1. The molecule has 2 aromatic carbocycles. The standard InChI is InChI=1S/C27H32N4O2/c1-20-17-25(31-15-7-4-8-16-31)29-24-12-11-22(18-23(20)24)28-26(32)13-14-27(33)30(2)19-21-9-5-3-6-10-21/h3,5-6,9-12,17-18H,4,7-8,13-16,19H2,1-2H3,(H,28,32). The number of aryl methyl sites for hydroxylation is 1. The van der Waals surface area contributed by atoms with E-state index in [-0.39, 0.29) is 24.7 Å². The fourth-order valence-electron chi connectivity index (χ4n) is 4.32. The maximum absolute atomic E-state index is 12.5. The quantitative estimate of drug-likeness (QED) is 0.562. The van der Waals surface area contributed by atoms with E-state index < -0.39 is 0 Å². The fourth-order valence-corrected chi connectivity index (χ4v) is 4.32. The van der Waals surface area contributed by atoms with Crippen molar-refractivity contribution in [2.45, 2.75) is 45.6 Å². The first-order valence-electron chi connectivity index (χ1n) is 11.7. The second-order valence-corrected chi connectivity index (χ2v) is 8.86. The van der Waals surface area contributed by atoms with Crippen LogP contribution in [0.5, 0.6) is 0 Å². The van der Waals surface area contributed by atoms with Crippen molar-refractivity contribution < 1.29 is 9.59 Å². The molecule has 2 heterocycles. The lowest BCUT2D eigenvalue weighted by Crippen LogP contribution is -2.30. The highest BCUT2D eigenvalue weighted by atomic mass is 16.2. The Morgan fingerprint density at radius 2 is 1.76 bits per heavy atom. The van der Waals surface area contributed by atoms with Crippen LogP contribution in [0.1, 0.15) is 43.2 Å². The van der Waals surface area contributed by atoms with Gasteiger partial charge in [-0.05, 0) is 61.6 Å². The zero-order valence-electron chi connectivity index (χ0n) is 19.5. The highest BCUT2D eigenvalue weighted by Gasteiger charge is 2.15. The Labute approximate surface area is 195 Å². The van der Waals surface area contributed by atoms with Gasteiger partial charge in [0.15, 0.2) is 0 Å². The van der Waals surface area contributed by atoms with Crippen LogP contribution < -0.4 is 10.2 Å². The highest BCUT2D eigenvalue weighted by Crippen LogP contribution is 2.27. The average molecular weight is 445 g/mol. The number of hydrogen-bond acceptors (Lipinski definition) is 4. The maximum Gasteiger partial charge on any atom is 0.224 e. The molecule has 4 rings (SSSR count). The Balaban J connectivity index is 1.34. The summed E-state index contributed by atoms with van der Waals surface area (Å²) in [6, 6.07) is 17.8. The first kappa shape index (κ1) is 22.8. The van der Waals surface area contributed by atoms with Gasteiger partial charge in [0.1, 0.15) is 5.82 Å². The van der Waals surface area contributed by atoms with Crippen molar-refractivity contribution >= 4 is 34.2 Å². The van der Waals surface area contributed by atoms with Gasteiger partial charge in [-0.3, -0.25) is 9.59 Å². The van der Waals surface area contributed by atoms with Crippen LogP contribution in [0.3, 0.4) is 0 Å². The van der Waals surface area contributed by atoms with Crippen LogP contribution in [0.25, 0.3) is 10.9 Å². The Morgan fingerprint density at radius 1 is 1.00 bits per heavy atom. The zero-order chi connectivity index (χ0) is 23.2. The Morgan fingerprint density at radius 3 is 2.52 bits per heavy atom. The molecule has 0 aliphatic carbocycles. The highest BCUT2D eigenvalue weighted by molar-refractivity contribution is 5.96. The normalized spacial score (nSPS) is 13.7. The summed E-state index contributed by atoms with van der Waals surface area (Å²) in [6.07, 6.45) is 4.06. The largest absolute Gasteiger partial charge is 0.357 e. The van der Waals surface area contributed by atoms with Crippen LogP contribution in [0.15, 0.2) is 54.6 Å². The number of nitrogens with one attached hydrogen (secondary N) is 1. The third-order valence-corrected chi connectivity index (χ3v) is 6.22. The molecule has 3 aromatic rings. The molecule has 33 heavy (non-hydrogen) atoms. The number of rotatable bonds is 7. The van der Waals surface area contributed by atoms with Crippen LogP contribution in [-0.2, 0) is 16.1 Å². The minimum atomic E-state index is -0.161. The topological polar surface area (TPSA) is 65.5 Å².